The molecule has 2 aromatic carbocycles. The van der Waals surface area contributed by atoms with Gasteiger partial charge in [-0.1, -0.05) is 59.9 Å². The Hall–Kier alpha value is -3.53. The number of aromatic amines is 1. The Kier molecular flexibility index (Phi) is 6.14. The third-order valence-corrected chi connectivity index (χ3v) is 7.11. The van der Waals surface area contributed by atoms with Crippen molar-refractivity contribution < 1.29 is 18.0 Å². The lowest BCUT2D eigenvalue weighted by Crippen LogP contribution is -2.36. The number of aromatic nitrogens is 3. The number of nitrogens with one attached hydrogen (secondary N) is 1. The van der Waals surface area contributed by atoms with Gasteiger partial charge in [0.2, 0.25) is 0 Å². The number of alkyl halides is 3. The molecule has 1 aliphatic rings. The van der Waals surface area contributed by atoms with Crippen molar-refractivity contribution in [2.75, 3.05) is 11.4 Å². The lowest BCUT2D eigenvalue weighted by atomic mass is 10.0. The maximum Gasteiger partial charge on any atom is 0.417 e. The molecule has 0 bridgehead atoms. The van der Waals surface area contributed by atoms with Gasteiger partial charge in [0.1, 0.15) is 5.82 Å². The van der Waals surface area contributed by atoms with Crippen LogP contribution in [0.15, 0.2) is 59.4 Å². The van der Waals surface area contributed by atoms with Gasteiger partial charge in [0, 0.05) is 18.5 Å². The van der Waals surface area contributed by atoms with Crippen LogP contribution in [-0.2, 0) is 17.4 Å². The van der Waals surface area contributed by atoms with Crippen LogP contribution in [0.3, 0.4) is 0 Å². The summed E-state index contributed by atoms with van der Waals surface area (Å²) in [5.41, 5.74) is -0.552. The van der Waals surface area contributed by atoms with Gasteiger partial charge in [-0.05, 0) is 30.9 Å². The summed E-state index contributed by atoms with van der Waals surface area (Å²) in [7, 11) is 0. The van der Waals surface area contributed by atoms with Crippen LogP contribution in [0.4, 0.5) is 18.3 Å². The van der Waals surface area contributed by atoms with E-state index in [4.69, 9.17) is 0 Å². The van der Waals surface area contributed by atoms with Crippen molar-refractivity contribution in [3.63, 3.8) is 0 Å². The Labute approximate surface area is 202 Å². The molecule has 10 heteroatoms. The number of benzene rings is 2. The van der Waals surface area contributed by atoms with Gasteiger partial charge in [-0.25, -0.2) is 9.97 Å². The van der Waals surface area contributed by atoms with Crippen molar-refractivity contribution in [2.45, 2.75) is 37.9 Å². The van der Waals surface area contributed by atoms with Crippen molar-refractivity contribution in [1.29, 1.82) is 0 Å². The molecule has 1 aliphatic heterocycles. The van der Waals surface area contributed by atoms with Crippen molar-refractivity contribution in [3.05, 3.63) is 76.1 Å². The zero-order valence-corrected chi connectivity index (χ0v) is 19.3. The number of H-pyrrole nitrogens is 1. The quantitative estimate of drug-likeness (QED) is 0.394. The maximum absolute atomic E-state index is 13.5. The van der Waals surface area contributed by atoms with Gasteiger partial charge in [0.05, 0.1) is 11.6 Å². The first-order valence-corrected chi connectivity index (χ1v) is 12.0. The molecule has 35 heavy (non-hydrogen) atoms. The Morgan fingerprint density at radius 3 is 2.60 bits per heavy atom. The van der Waals surface area contributed by atoms with Gasteiger partial charge in [-0.15, -0.1) is 0 Å². The van der Waals surface area contributed by atoms with Crippen molar-refractivity contribution >= 4 is 32.6 Å². The first kappa shape index (κ1) is 23.2. The Balaban J connectivity index is 1.43. The van der Waals surface area contributed by atoms with Gasteiger partial charge in [-0.3, -0.25) is 9.59 Å². The second-order valence-corrected chi connectivity index (χ2v) is 9.37. The Morgan fingerprint density at radius 1 is 1.09 bits per heavy atom. The number of carbonyl (C=O) groups excluding carboxylic acids is 1. The van der Waals surface area contributed by atoms with Gasteiger partial charge < -0.3 is 9.88 Å². The lowest BCUT2D eigenvalue weighted by Gasteiger charge is -2.22. The number of rotatable bonds is 6. The molecule has 0 spiro atoms. The molecule has 0 amide bonds. The minimum Gasteiger partial charge on any atom is -0.338 e. The van der Waals surface area contributed by atoms with Gasteiger partial charge in [-0.2, -0.15) is 13.2 Å². The van der Waals surface area contributed by atoms with E-state index in [1.165, 1.54) is 18.2 Å². The molecule has 1 saturated heterocycles. The van der Waals surface area contributed by atoms with E-state index in [0.717, 1.165) is 29.4 Å². The van der Waals surface area contributed by atoms with E-state index in [1.807, 2.05) is 35.2 Å². The number of anilines is 1. The van der Waals surface area contributed by atoms with E-state index in [0.29, 0.717) is 30.9 Å². The highest BCUT2D eigenvalue weighted by Crippen LogP contribution is 2.37. The number of nitrogens with zero attached hydrogens (tertiary/aromatic N) is 3. The van der Waals surface area contributed by atoms with Crippen LogP contribution in [0.5, 0.6) is 0 Å². The maximum atomic E-state index is 13.5. The molecule has 180 valence electrons. The van der Waals surface area contributed by atoms with E-state index < -0.39 is 17.3 Å². The van der Waals surface area contributed by atoms with Gasteiger partial charge in [0.15, 0.2) is 21.3 Å². The highest BCUT2D eigenvalue weighted by atomic mass is 32.1. The summed E-state index contributed by atoms with van der Waals surface area (Å²) < 4.78 is 40.4. The molecule has 6 nitrogen and oxygen atoms in total. The second-order valence-electron chi connectivity index (χ2n) is 8.41. The minimum absolute atomic E-state index is 0.0561. The molecule has 0 unspecified atom stereocenters. The number of carbonyl (C=O) groups is 1. The predicted octanol–water partition coefficient (Wildman–Crippen LogP) is 5.24. The predicted molar refractivity (Wildman–Crippen MR) is 129 cm³/mol. The van der Waals surface area contributed by atoms with Crippen molar-refractivity contribution in [1.82, 2.24) is 15.0 Å². The average molecular weight is 499 g/mol. The van der Waals surface area contributed by atoms with E-state index >= 15 is 0 Å². The summed E-state index contributed by atoms with van der Waals surface area (Å²) in [5.74, 6) is -0.0604. The molecular weight excluding hydrogens is 477 g/mol. The number of thiazole rings is 1. The summed E-state index contributed by atoms with van der Waals surface area (Å²) in [4.78, 5) is 39.0. The fourth-order valence-corrected chi connectivity index (χ4v) is 5.44. The van der Waals surface area contributed by atoms with Gasteiger partial charge >= 0.3 is 6.18 Å². The molecule has 2 aromatic heterocycles. The van der Waals surface area contributed by atoms with Crippen molar-refractivity contribution in [2.24, 2.45) is 0 Å². The molecule has 4 aromatic rings. The van der Waals surface area contributed by atoms with Crippen molar-refractivity contribution in [3.8, 4) is 11.4 Å². The van der Waals surface area contributed by atoms with Gasteiger partial charge in [0.25, 0.3) is 5.56 Å². The standard InChI is InChI=1S/C25H21F3N4O2S/c26-25(27,28)17-10-5-4-9-16(17)21-30-22(34)20-23(31-21)35-24(29-20)32-14-6-11-18(32)19(33)13-12-15-7-2-1-3-8-15/h1-5,7-10,18H,6,11-14H2,(H,30,31,34)/t18-/m1/s1. The van der Waals surface area contributed by atoms with Crippen LogP contribution >= 0.6 is 11.3 Å². The van der Waals surface area contributed by atoms with Crippen LogP contribution in [0.1, 0.15) is 30.4 Å². The van der Waals surface area contributed by atoms with Crippen LogP contribution in [-0.4, -0.2) is 33.3 Å². The highest BCUT2D eigenvalue weighted by Gasteiger charge is 2.35. The SMILES string of the molecule is O=C(CCc1ccccc1)[C@H]1CCCN1c1nc2c(=O)[nH]c(-c3ccccc3C(F)(F)F)nc2s1. The number of ketones is 1. The Morgan fingerprint density at radius 2 is 1.83 bits per heavy atom. The summed E-state index contributed by atoms with van der Waals surface area (Å²) in [5, 5.41) is 0.481. The minimum atomic E-state index is -4.59. The third kappa shape index (κ3) is 4.70. The second kappa shape index (κ2) is 9.26. The first-order chi connectivity index (χ1) is 16.8. The Bertz CT molecular complexity index is 1430. The zero-order valence-electron chi connectivity index (χ0n) is 18.5. The molecule has 3 heterocycles. The average Bonchev–Trinajstić information content (AvgIpc) is 3.50. The molecule has 1 fully saturated rings. The largest absolute Gasteiger partial charge is 0.417 e. The molecule has 0 aliphatic carbocycles. The molecule has 0 saturated carbocycles. The topological polar surface area (TPSA) is 79.0 Å². The zero-order chi connectivity index (χ0) is 24.6. The molecule has 0 radical (unpaired) electrons. The van der Waals surface area contributed by atoms with E-state index in [2.05, 4.69) is 15.0 Å². The fraction of sp³-hybridized carbons (Fsp3) is 0.280. The van der Waals surface area contributed by atoms with Crippen LogP contribution in [0.25, 0.3) is 21.7 Å². The monoisotopic (exact) mass is 498 g/mol. The molecular formula is C25H21F3N4O2S. The third-order valence-electron chi connectivity index (χ3n) is 6.12. The summed E-state index contributed by atoms with van der Waals surface area (Å²) in [6.45, 7) is 0.614. The number of hydrogen-bond acceptors (Lipinski definition) is 6. The number of aryl methyl sites for hydroxylation is 1. The summed E-state index contributed by atoms with van der Waals surface area (Å²) in [6, 6.07) is 14.4. The lowest BCUT2D eigenvalue weighted by molar-refractivity contribution is -0.137. The highest BCUT2D eigenvalue weighted by molar-refractivity contribution is 7.21. The van der Waals surface area contributed by atoms with Crippen LogP contribution < -0.4 is 10.5 Å². The van der Waals surface area contributed by atoms with Crippen LogP contribution in [0, 0.1) is 0 Å². The molecule has 5 rings (SSSR count). The summed E-state index contributed by atoms with van der Waals surface area (Å²) in [6.07, 6.45) is -2.05. The first-order valence-electron chi connectivity index (χ1n) is 11.2. The number of fused-ring (bicyclic) bond motifs is 1. The number of Topliss-reactive ketones (excluding diaryl/α,β-unsaturated/α-hetero) is 1. The summed E-state index contributed by atoms with van der Waals surface area (Å²) >= 11 is 1.12. The van der Waals surface area contributed by atoms with E-state index in [9.17, 15) is 22.8 Å². The van der Waals surface area contributed by atoms with E-state index in [-0.39, 0.29) is 33.6 Å². The molecule has 1 atom stereocenters. The van der Waals surface area contributed by atoms with E-state index in [1.54, 1.807) is 0 Å². The number of hydrogen-bond donors (Lipinski definition) is 1. The fourth-order valence-electron chi connectivity index (χ4n) is 4.42. The smallest absolute Gasteiger partial charge is 0.338 e. The number of halogens is 3. The van der Waals surface area contributed by atoms with Crippen LogP contribution in [0.2, 0.25) is 0 Å². The normalized spacial score (nSPS) is 16.2. The molecule has 1 N–H and O–H groups in total.